The number of nitrogens with one attached hydrogen (secondary N) is 1. The second kappa shape index (κ2) is 8.38. The van der Waals surface area contributed by atoms with Gasteiger partial charge in [-0.1, -0.05) is 35.9 Å². The Bertz CT molecular complexity index is 863. The minimum atomic E-state index is -0.560. The van der Waals surface area contributed by atoms with Gasteiger partial charge in [0.15, 0.2) is 6.61 Å². The second-order valence-corrected chi connectivity index (χ2v) is 5.06. The van der Waals surface area contributed by atoms with Crippen molar-refractivity contribution in [3.05, 3.63) is 64.7 Å². The van der Waals surface area contributed by atoms with Crippen molar-refractivity contribution in [3.63, 3.8) is 0 Å². The Morgan fingerprint density at radius 3 is 2.71 bits per heavy atom. The van der Waals surface area contributed by atoms with Crippen molar-refractivity contribution in [2.24, 2.45) is 0 Å². The third-order valence-electron chi connectivity index (χ3n) is 2.96. The van der Waals surface area contributed by atoms with Crippen LogP contribution in [-0.4, -0.2) is 12.5 Å². The summed E-state index contributed by atoms with van der Waals surface area (Å²) in [5.74, 6) is -0.141. The van der Waals surface area contributed by atoms with Crippen LogP contribution in [0.4, 0.5) is 5.69 Å². The van der Waals surface area contributed by atoms with Crippen LogP contribution in [0.2, 0.25) is 5.02 Å². The molecule has 0 atom stereocenters. The lowest BCUT2D eigenvalue weighted by molar-refractivity contribution is -0.112. The van der Waals surface area contributed by atoms with Crippen LogP contribution >= 0.6 is 11.6 Å². The molecule has 118 valence electrons. The third-order valence-corrected chi connectivity index (χ3v) is 3.19. The molecule has 2 aromatic rings. The van der Waals surface area contributed by atoms with Gasteiger partial charge in [0.05, 0.1) is 0 Å². The largest absolute Gasteiger partial charge is 0.478 e. The Morgan fingerprint density at radius 1 is 1.21 bits per heavy atom. The van der Waals surface area contributed by atoms with Crippen molar-refractivity contribution in [2.45, 2.75) is 0 Å². The number of para-hydroxylation sites is 1. The van der Waals surface area contributed by atoms with Crippen molar-refractivity contribution >= 4 is 29.3 Å². The van der Waals surface area contributed by atoms with Crippen LogP contribution in [0.5, 0.6) is 5.75 Å². The number of carbonyl (C=O) groups excluding carboxylic acids is 1. The highest BCUT2D eigenvalue weighted by atomic mass is 35.5. The number of anilines is 1. The smallest absolute Gasteiger partial charge is 0.266 e. The molecule has 0 aliphatic rings. The molecule has 1 amide bonds. The first-order chi connectivity index (χ1) is 11.6. The fourth-order valence-corrected chi connectivity index (χ4v) is 2.10. The van der Waals surface area contributed by atoms with E-state index in [4.69, 9.17) is 21.6 Å². The predicted octanol–water partition coefficient (Wildman–Crippen LogP) is 3.79. The standard InChI is InChI=1S/C18H12ClN3O2/c19-15-5-3-6-16(11-15)22-18(23)14(12-21)10-13-4-1-2-7-17(13)24-9-8-20/h1-7,10-11H,9H2,(H,22,23)/b14-10+. The topological polar surface area (TPSA) is 85.9 Å². The van der Waals surface area contributed by atoms with Gasteiger partial charge in [-0.25, -0.2) is 0 Å². The molecule has 1 N–H and O–H groups in total. The van der Waals surface area contributed by atoms with Crippen LogP contribution in [0, 0.1) is 22.7 Å². The molecule has 0 aliphatic carbocycles. The summed E-state index contributed by atoms with van der Waals surface area (Å²) in [4.78, 5) is 12.2. The summed E-state index contributed by atoms with van der Waals surface area (Å²) in [6.07, 6.45) is 1.41. The maximum Gasteiger partial charge on any atom is 0.266 e. The fourth-order valence-electron chi connectivity index (χ4n) is 1.91. The quantitative estimate of drug-likeness (QED) is 0.664. The van der Waals surface area contributed by atoms with Gasteiger partial charge in [0, 0.05) is 16.3 Å². The van der Waals surface area contributed by atoms with Crippen LogP contribution in [0.25, 0.3) is 6.08 Å². The van der Waals surface area contributed by atoms with Gasteiger partial charge in [-0.2, -0.15) is 10.5 Å². The van der Waals surface area contributed by atoms with Crippen molar-refractivity contribution in [2.75, 3.05) is 11.9 Å². The summed E-state index contributed by atoms with van der Waals surface area (Å²) in [7, 11) is 0. The first-order valence-electron chi connectivity index (χ1n) is 6.91. The van der Waals surface area contributed by atoms with Gasteiger partial charge < -0.3 is 10.1 Å². The summed E-state index contributed by atoms with van der Waals surface area (Å²) in [6.45, 7) is -0.124. The molecule has 0 bridgehead atoms. The minimum absolute atomic E-state index is 0.0945. The van der Waals surface area contributed by atoms with Crippen LogP contribution in [0.3, 0.4) is 0 Å². The summed E-state index contributed by atoms with van der Waals surface area (Å²) >= 11 is 5.87. The van der Waals surface area contributed by atoms with E-state index >= 15 is 0 Å². The molecule has 0 heterocycles. The number of rotatable bonds is 5. The van der Waals surface area contributed by atoms with Crippen molar-refractivity contribution in [1.29, 1.82) is 10.5 Å². The van der Waals surface area contributed by atoms with E-state index in [2.05, 4.69) is 5.32 Å². The zero-order valence-corrected chi connectivity index (χ0v) is 13.2. The average Bonchev–Trinajstić information content (AvgIpc) is 2.58. The highest BCUT2D eigenvalue weighted by Gasteiger charge is 2.11. The van der Waals surface area contributed by atoms with E-state index in [-0.39, 0.29) is 12.2 Å². The number of amides is 1. The maximum atomic E-state index is 12.2. The molecule has 5 nitrogen and oxygen atoms in total. The lowest BCUT2D eigenvalue weighted by Crippen LogP contribution is -2.13. The lowest BCUT2D eigenvalue weighted by Gasteiger charge is -2.07. The SMILES string of the molecule is N#CCOc1ccccc1/C=C(\C#N)C(=O)Nc1cccc(Cl)c1. The monoisotopic (exact) mass is 337 g/mol. The molecule has 0 fully saturated rings. The number of nitriles is 2. The van der Waals surface area contributed by atoms with Crippen molar-refractivity contribution < 1.29 is 9.53 Å². The molecule has 2 rings (SSSR count). The zero-order chi connectivity index (χ0) is 17.4. The normalized spacial score (nSPS) is 10.4. The van der Waals surface area contributed by atoms with E-state index in [1.165, 1.54) is 6.08 Å². The van der Waals surface area contributed by atoms with E-state index in [1.54, 1.807) is 48.5 Å². The van der Waals surface area contributed by atoms with Gasteiger partial charge in [0.1, 0.15) is 23.5 Å². The van der Waals surface area contributed by atoms with Crippen molar-refractivity contribution in [1.82, 2.24) is 0 Å². The van der Waals surface area contributed by atoms with Crippen LogP contribution in [0.1, 0.15) is 5.56 Å². The first-order valence-corrected chi connectivity index (χ1v) is 7.29. The number of benzene rings is 2. The summed E-state index contributed by atoms with van der Waals surface area (Å²) < 4.78 is 5.28. The molecule has 0 unspecified atom stereocenters. The Morgan fingerprint density at radius 2 is 2.00 bits per heavy atom. The van der Waals surface area contributed by atoms with E-state index in [0.717, 1.165) is 0 Å². The van der Waals surface area contributed by atoms with Gasteiger partial charge in [-0.15, -0.1) is 0 Å². The zero-order valence-electron chi connectivity index (χ0n) is 12.5. The number of hydrogen-bond acceptors (Lipinski definition) is 4. The number of hydrogen-bond donors (Lipinski definition) is 1. The average molecular weight is 338 g/mol. The van der Waals surface area contributed by atoms with Crippen molar-refractivity contribution in [3.8, 4) is 17.9 Å². The van der Waals surface area contributed by atoms with Crippen LogP contribution < -0.4 is 10.1 Å². The van der Waals surface area contributed by atoms with Gasteiger partial charge in [0.2, 0.25) is 0 Å². The molecule has 0 saturated heterocycles. The second-order valence-electron chi connectivity index (χ2n) is 4.62. The molecular formula is C18H12ClN3O2. The highest BCUT2D eigenvalue weighted by molar-refractivity contribution is 6.31. The number of carbonyl (C=O) groups is 1. The number of nitrogens with zero attached hydrogens (tertiary/aromatic N) is 2. The van der Waals surface area contributed by atoms with E-state index in [9.17, 15) is 10.1 Å². The van der Waals surface area contributed by atoms with Gasteiger partial charge in [-0.3, -0.25) is 4.79 Å². The van der Waals surface area contributed by atoms with E-state index in [1.807, 2.05) is 12.1 Å². The molecule has 0 spiro atoms. The van der Waals surface area contributed by atoms with Gasteiger partial charge >= 0.3 is 0 Å². The van der Waals surface area contributed by atoms with Crippen LogP contribution in [0.15, 0.2) is 54.1 Å². The Labute approximate surface area is 144 Å². The number of halogens is 1. The molecular weight excluding hydrogens is 326 g/mol. The molecule has 24 heavy (non-hydrogen) atoms. The Balaban J connectivity index is 2.25. The van der Waals surface area contributed by atoms with E-state index in [0.29, 0.717) is 22.0 Å². The number of ether oxygens (including phenoxy) is 1. The van der Waals surface area contributed by atoms with Gasteiger partial charge in [0.25, 0.3) is 5.91 Å². The summed E-state index contributed by atoms with van der Waals surface area (Å²) in [5.41, 5.74) is 0.927. The van der Waals surface area contributed by atoms with E-state index < -0.39 is 5.91 Å². The Hall–Kier alpha value is -3.28. The first kappa shape index (κ1) is 17.1. The minimum Gasteiger partial charge on any atom is -0.478 e. The molecule has 0 aromatic heterocycles. The fraction of sp³-hybridized carbons (Fsp3) is 0.0556. The molecule has 6 heteroatoms. The summed E-state index contributed by atoms with van der Waals surface area (Å²) in [6, 6.07) is 17.2. The summed E-state index contributed by atoms with van der Waals surface area (Å²) in [5, 5.41) is 20.9. The molecule has 0 radical (unpaired) electrons. The molecule has 2 aromatic carbocycles. The molecule has 0 aliphatic heterocycles. The lowest BCUT2D eigenvalue weighted by atomic mass is 10.1. The predicted molar refractivity (Wildman–Crippen MR) is 91.2 cm³/mol. The highest BCUT2D eigenvalue weighted by Crippen LogP contribution is 2.22. The Kier molecular flexibility index (Phi) is 5.96. The van der Waals surface area contributed by atoms with Crippen LogP contribution in [-0.2, 0) is 4.79 Å². The molecule has 0 saturated carbocycles. The third kappa shape index (κ3) is 4.61. The maximum absolute atomic E-state index is 12.2. The van der Waals surface area contributed by atoms with Gasteiger partial charge in [-0.05, 0) is 30.3 Å².